The lowest BCUT2D eigenvalue weighted by atomic mass is 10.0. The van der Waals surface area contributed by atoms with E-state index in [1.165, 1.54) is 5.56 Å². The lowest BCUT2D eigenvalue weighted by Crippen LogP contribution is -2.24. The fourth-order valence-corrected chi connectivity index (χ4v) is 3.60. The Morgan fingerprint density at radius 1 is 1.14 bits per heavy atom. The number of benzene rings is 2. The van der Waals surface area contributed by atoms with Crippen LogP contribution in [0.3, 0.4) is 0 Å². The van der Waals surface area contributed by atoms with Crippen LogP contribution < -0.4 is 9.80 Å². The summed E-state index contributed by atoms with van der Waals surface area (Å²) >= 11 is 0. The van der Waals surface area contributed by atoms with Crippen LogP contribution >= 0.6 is 0 Å². The van der Waals surface area contributed by atoms with Crippen molar-refractivity contribution in [2.24, 2.45) is 0 Å². The lowest BCUT2D eigenvalue weighted by molar-refractivity contribution is -0.117. The van der Waals surface area contributed by atoms with E-state index in [1.807, 2.05) is 60.3 Å². The molecule has 3 aromatic rings. The van der Waals surface area contributed by atoms with Gasteiger partial charge in [-0.3, -0.25) is 4.79 Å². The fraction of sp³-hybridized carbons (Fsp3) is 0.348. The molecule has 6 nitrogen and oxygen atoms in total. The average Bonchev–Trinajstić information content (AvgIpc) is 3.35. The van der Waals surface area contributed by atoms with Crippen LogP contribution in [0.15, 0.2) is 53.1 Å². The molecule has 29 heavy (non-hydrogen) atoms. The molecule has 0 aliphatic carbocycles. The molecule has 0 N–H and O–H groups in total. The van der Waals surface area contributed by atoms with Gasteiger partial charge in [0.2, 0.25) is 5.91 Å². The number of hydrogen-bond acceptors (Lipinski definition) is 5. The molecule has 1 aliphatic rings. The summed E-state index contributed by atoms with van der Waals surface area (Å²) in [7, 11) is 4.00. The van der Waals surface area contributed by atoms with Gasteiger partial charge in [0.25, 0.3) is 5.89 Å². The van der Waals surface area contributed by atoms with Crippen molar-refractivity contribution in [2.45, 2.75) is 32.1 Å². The molecule has 2 heterocycles. The second-order valence-electron chi connectivity index (χ2n) is 8.05. The number of nitrogens with zero attached hydrogens (tertiary/aromatic N) is 4. The van der Waals surface area contributed by atoms with E-state index in [1.54, 1.807) is 0 Å². The lowest BCUT2D eigenvalue weighted by Gasteiger charge is -2.18. The third-order valence-corrected chi connectivity index (χ3v) is 5.41. The third kappa shape index (κ3) is 3.88. The van der Waals surface area contributed by atoms with E-state index in [2.05, 4.69) is 36.1 Å². The summed E-state index contributed by atoms with van der Waals surface area (Å²) < 4.78 is 5.49. The van der Waals surface area contributed by atoms with E-state index in [0.717, 1.165) is 16.9 Å². The van der Waals surface area contributed by atoms with E-state index >= 15 is 0 Å². The molecule has 4 rings (SSSR count). The van der Waals surface area contributed by atoms with Crippen LogP contribution in [0.4, 0.5) is 11.4 Å². The molecule has 1 aliphatic heterocycles. The molecule has 0 saturated carbocycles. The topological polar surface area (TPSA) is 62.5 Å². The van der Waals surface area contributed by atoms with E-state index in [9.17, 15) is 4.79 Å². The highest BCUT2D eigenvalue weighted by Crippen LogP contribution is 2.33. The first-order chi connectivity index (χ1) is 13.9. The third-order valence-electron chi connectivity index (χ3n) is 5.41. The van der Waals surface area contributed by atoms with E-state index in [-0.39, 0.29) is 11.8 Å². The summed E-state index contributed by atoms with van der Waals surface area (Å²) in [6.07, 6.45) is 0.393. The molecule has 0 radical (unpaired) electrons. The zero-order valence-corrected chi connectivity index (χ0v) is 17.3. The van der Waals surface area contributed by atoms with Gasteiger partial charge in [-0.15, -0.1) is 0 Å². The van der Waals surface area contributed by atoms with Gasteiger partial charge in [-0.1, -0.05) is 31.1 Å². The minimum atomic E-state index is -0.0660. The van der Waals surface area contributed by atoms with E-state index in [4.69, 9.17) is 4.52 Å². The Bertz CT molecular complexity index is 1010. The quantitative estimate of drug-likeness (QED) is 0.644. The smallest absolute Gasteiger partial charge is 0.257 e. The van der Waals surface area contributed by atoms with Crippen molar-refractivity contribution in [1.29, 1.82) is 0 Å². The van der Waals surface area contributed by atoms with Crippen LogP contribution in [-0.2, 0) is 4.79 Å². The SMILES string of the molecule is CC(C)c1cccc(N2CC(c3noc(-c4ccc(N(C)C)cc4)n3)CC2=O)c1. The van der Waals surface area contributed by atoms with Crippen LogP contribution in [0.1, 0.15) is 43.5 Å². The maximum absolute atomic E-state index is 12.7. The van der Waals surface area contributed by atoms with E-state index < -0.39 is 0 Å². The van der Waals surface area contributed by atoms with Gasteiger partial charge < -0.3 is 14.3 Å². The molecule has 1 saturated heterocycles. The van der Waals surface area contributed by atoms with Crippen LogP contribution in [0.25, 0.3) is 11.5 Å². The molecule has 0 bridgehead atoms. The molecule has 1 fully saturated rings. The predicted molar refractivity (Wildman–Crippen MR) is 114 cm³/mol. The Hall–Kier alpha value is -3.15. The molecule has 1 aromatic heterocycles. The first-order valence-electron chi connectivity index (χ1n) is 9.94. The summed E-state index contributed by atoms with van der Waals surface area (Å²) in [5.41, 5.74) is 4.14. The maximum atomic E-state index is 12.7. The zero-order valence-electron chi connectivity index (χ0n) is 17.3. The average molecular weight is 390 g/mol. The van der Waals surface area contributed by atoms with Gasteiger partial charge in [-0.2, -0.15) is 4.98 Å². The second-order valence-corrected chi connectivity index (χ2v) is 8.05. The van der Waals surface area contributed by atoms with Gasteiger partial charge in [-0.25, -0.2) is 0 Å². The molecule has 150 valence electrons. The van der Waals surface area contributed by atoms with E-state index in [0.29, 0.717) is 30.6 Å². The molecule has 1 atom stereocenters. The normalized spacial score (nSPS) is 16.7. The van der Waals surface area contributed by atoms with Crippen molar-refractivity contribution in [3.8, 4) is 11.5 Å². The van der Waals surface area contributed by atoms with Gasteiger partial charge in [0.1, 0.15) is 0 Å². The standard InChI is InChI=1S/C23H26N4O2/c1-15(2)17-6-5-7-20(12-17)27-14-18(13-21(27)28)22-24-23(29-25-22)16-8-10-19(11-9-16)26(3)4/h5-12,15,18H,13-14H2,1-4H3. The number of carbonyl (C=O) groups excluding carboxylic acids is 1. The molecule has 1 unspecified atom stereocenters. The first-order valence-corrected chi connectivity index (χ1v) is 9.94. The molecular weight excluding hydrogens is 364 g/mol. The van der Waals surface area contributed by atoms with Crippen molar-refractivity contribution in [2.75, 3.05) is 30.4 Å². The number of hydrogen-bond donors (Lipinski definition) is 0. The second kappa shape index (κ2) is 7.70. The minimum absolute atomic E-state index is 0.0660. The molecule has 6 heteroatoms. The van der Waals surface area contributed by atoms with Crippen LogP contribution in [0.5, 0.6) is 0 Å². The fourth-order valence-electron chi connectivity index (χ4n) is 3.60. The summed E-state index contributed by atoms with van der Waals surface area (Å²) in [5.74, 6) is 1.52. The molecular formula is C23H26N4O2. The minimum Gasteiger partial charge on any atom is -0.378 e. The van der Waals surface area contributed by atoms with Crippen molar-refractivity contribution in [3.05, 3.63) is 59.9 Å². The van der Waals surface area contributed by atoms with Gasteiger partial charge in [0, 0.05) is 49.9 Å². The summed E-state index contributed by atoms with van der Waals surface area (Å²) in [6.45, 7) is 4.87. The van der Waals surface area contributed by atoms with Crippen LogP contribution in [0.2, 0.25) is 0 Å². The Morgan fingerprint density at radius 3 is 2.59 bits per heavy atom. The highest BCUT2D eigenvalue weighted by atomic mass is 16.5. The Labute approximate surface area is 171 Å². The number of amides is 1. The van der Waals surface area contributed by atoms with Crippen molar-refractivity contribution >= 4 is 17.3 Å². The molecule has 2 aromatic carbocycles. The van der Waals surface area contributed by atoms with Gasteiger partial charge in [0.05, 0.1) is 0 Å². The largest absolute Gasteiger partial charge is 0.378 e. The Kier molecular flexibility index (Phi) is 5.09. The predicted octanol–water partition coefficient (Wildman–Crippen LogP) is 4.45. The van der Waals surface area contributed by atoms with Crippen LogP contribution in [-0.4, -0.2) is 36.7 Å². The monoisotopic (exact) mass is 390 g/mol. The van der Waals surface area contributed by atoms with Crippen LogP contribution in [0, 0.1) is 0 Å². The van der Waals surface area contributed by atoms with Crippen molar-refractivity contribution < 1.29 is 9.32 Å². The summed E-state index contributed by atoms with van der Waals surface area (Å²) in [5, 5.41) is 4.17. The highest BCUT2D eigenvalue weighted by molar-refractivity contribution is 5.96. The van der Waals surface area contributed by atoms with Crippen molar-refractivity contribution in [3.63, 3.8) is 0 Å². The van der Waals surface area contributed by atoms with Gasteiger partial charge in [0.15, 0.2) is 5.82 Å². The summed E-state index contributed by atoms with van der Waals surface area (Å²) in [4.78, 5) is 21.1. The highest BCUT2D eigenvalue weighted by Gasteiger charge is 2.34. The van der Waals surface area contributed by atoms with Crippen molar-refractivity contribution in [1.82, 2.24) is 10.1 Å². The maximum Gasteiger partial charge on any atom is 0.257 e. The summed E-state index contributed by atoms with van der Waals surface area (Å²) in [6, 6.07) is 16.2. The Balaban J connectivity index is 1.52. The van der Waals surface area contributed by atoms with Gasteiger partial charge in [-0.05, 0) is 47.9 Å². The molecule has 1 amide bonds. The first kappa shape index (κ1) is 19.2. The number of rotatable bonds is 5. The zero-order chi connectivity index (χ0) is 20.5. The van der Waals surface area contributed by atoms with Gasteiger partial charge >= 0.3 is 0 Å². The number of aromatic nitrogens is 2. The number of anilines is 2. The molecule has 0 spiro atoms. The number of carbonyl (C=O) groups is 1. The Morgan fingerprint density at radius 2 is 1.90 bits per heavy atom.